The van der Waals surface area contributed by atoms with Crippen molar-refractivity contribution >= 4 is 11.6 Å². The Morgan fingerprint density at radius 3 is 2.42 bits per heavy atom. The van der Waals surface area contributed by atoms with Gasteiger partial charge in [-0.1, -0.05) is 6.92 Å². The average molecular weight is 265 g/mol. The van der Waals surface area contributed by atoms with E-state index < -0.39 is 0 Å². The number of likely N-dealkylation sites (N-methyl/N-ethyl adjacent to an activating group) is 1. The summed E-state index contributed by atoms with van der Waals surface area (Å²) in [6.07, 6.45) is 1.17. The maximum absolute atomic E-state index is 4.46. The number of hydrogen-bond acceptors (Lipinski definition) is 5. The Labute approximate surface area is 116 Å². The molecule has 0 spiro atoms. The molecule has 1 unspecified atom stereocenters. The second kappa shape index (κ2) is 7.28. The van der Waals surface area contributed by atoms with Crippen molar-refractivity contribution in [1.82, 2.24) is 14.9 Å². The van der Waals surface area contributed by atoms with Crippen LogP contribution >= 0.6 is 0 Å². The first-order chi connectivity index (χ1) is 8.99. The van der Waals surface area contributed by atoms with Gasteiger partial charge in [0.2, 0.25) is 0 Å². The number of nitrogens with one attached hydrogen (secondary N) is 2. The maximum atomic E-state index is 4.46. The van der Waals surface area contributed by atoms with Gasteiger partial charge < -0.3 is 15.5 Å². The minimum Gasteiger partial charge on any atom is -0.373 e. The van der Waals surface area contributed by atoms with E-state index in [0.717, 1.165) is 36.1 Å². The zero-order valence-corrected chi connectivity index (χ0v) is 13.0. The fraction of sp³-hybridized carbons (Fsp3) is 0.714. The number of aryl methyl sites for hydroxylation is 1. The summed E-state index contributed by atoms with van der Waals surface area (Å²) in [4.78, 5) is 11.2. The van der Waals surface area contributed by atoms with Gasteiger partial charge in [-0.15, -0.1) is 0 Å². The largest absolute Gasteiger partial charge is 0.373 e. The minimum atomic E-state index is 0.614. The summed E-state index contributed by atoms with van der Waals surface area (Å²) in [5.41, 5.74) is 1.07. The van der Waals surface area contributed by atoms with E-state index in [1.165, 1.54) is 6.42 Å². The summed E-state index contributed by atoms with van der Waals surface area (Å²) < 4.78 is 0. The molecule has 108 valence electrons. The molecule has 2 N–H and O–H groups in total. The lowest BCUT2D eigenvalue weighted by molar-refractivity contribution is 0.261. The molecule has 0 radical (unpaired) electrons. The number of nitrogens with zero attached hydrogens (tertiary/aromatic N) is 3. The van der Waals surface area contributed by atoms with Crippen molar-refractivity contribution in [2.45, 2.75) is 40.2 Å². The number of hydrogen-bond donors (Lipinski definition) is 2. The number of rotatable bonds is 7. The Hall–Kier alpha value is -1.36. The predicted molar refractivity (Wildman–Crippen MR) is 81.9 cm³/mol. The van der Waals surface area contributed by atoms with E-state index in [2.05, 4.69) is 46.4 Å². The van der Waals surface area contributed by atoms with Crippen LogP contribution in [0.15, 0.2) is 0 Å². The van der Waals surface area contributed by atoms with E-state index in [1.807, 2.05) is 20.9 Å². The molecule has 1 heterocycles. The summed E-state index contributed by atoms with van der Waals surface area (Å²) in [6, 6.07) is 0.614. The third-order valence-corrected chi connectivity index (χ3v) is 3.59. The molecule has 1 aromatic rings. The van der Waals surface area contributed by atoms with Crippen LogP contribution in [0.5, 0.6) is 0 Å². The first-order valence-electron chi connectivity index (χ1n) is 6.96. The van der Waals surface area contributed by atoms with E-state index in [9.17, 15) is 0 Å². The van der Waals surface area contributed by atoms with Gasteiger partial charge in [-0.3, -0.25) is 0 Å². The van der Waals surface area contributed by atoms with Gasteiger partial charge in [0, 0.05) is 31.7 Å². The Morgan fingerprint density at radius 1 is 1.21 bits per heavy atom. The SMILES string of the molecule is CCC(C)N(C)CCNc1nc(C)nc(NC)c1C. The van der Waals surface area contributed by atoms with E-state index >= 15 is 0 Å². The van der Waals surface area contributed by atoms with Crippen molar-refractivity contribution in [3.63, 3.8) is 0 Å². The van der Waals surface area contributed by atoms with Gasteiger partial charge in [-0.05, 0) is 34.2 Å². The highest BCUT2D eigenvalue weighted by Gasteiger charge is 2.09. The molecule has 0 fully saturated rings. The van der Waals surface area contributed by atoms with E-state index in [1.54, 1.807) is 0 Å². The molecule has 0 bridgehead atoms. The molecular formula is C14H27N5. The molecule has 1 aromatic heterocycles. The molecule has 19 heavy (non-hydrogen) atoms. The number of anilines is 2. The summed E-state index contributed by atoms with van der Waals surface area (Å²) in [5.74, 6) is 2.60. The molecule has 0 aliphatic carbocycles. The molecule has 0 aliphatic rings. The van der Waals surface area contributed by atoms with Gasteiger partial charge >= 0.3 is 0 Å². The van der Waals surface area contributed by atoms with Crippen molar-refractivity contribution in [3.8, 4) is 0 Å². The van der Waals surface area contributed by atoms with Crippen LogP contribution < -0.4 is 10.6 Å². The standard InChI is InChI=1S/C14H27N5/c1-7-10(2)19(6)9-8-16-14-11(3)13(15-5)17-12(4)18-14/h10H,7-9H2,1-6H3,(H2,15,16,17,18). The second-order valence-corrected chi connectivity index (χ2v) is 5.01. The monoisotopic (exact) mass is 265 g/mol. The molecule has 0 saturated carbocycles. The Kier molecular flexibility index (Phi) is 6.02. The smallest absolute Gasteiger partial charge is 0.134 e. The van der Waals surface area contributed by atoms with Crippen molar-refractivity contribution in [3.05, 3.63) is 11.4 Å². The third-order valence-electron chi connectivity index (χ3n) is 3.59. The van der Waals surface area contributed by atoms with Crippen LogP contribution in [0.3, 0.4) is 0 Å². The molecule has 0 amide bonds. The molecule has 1 rings (SSSR count). The Balaban J connectivity index is 2.61. The lowest BCUT2D eigenvalue weighted by atomic mass is 10.2. The lowest BCUT2D eigenvalue weighted by Crippen LogP contribution is -2.33. The van der Waals surface area contributed by atoms with Gasteiger partial charge in [0.15, 0.2) is 0 Å². The summed E-state index contributed by atoms with van der Waals surface area (Å²) >= 11 is 0. The van der Waals surface area contributed by atoms with Gasteiger partial charge in [-0.25, -0.2) is 9.97 Å². The molecule has 5 nitrogen and oxygen atoms in total. The quantitative estimate of drug-likeness (QED) is 0.792. The predicted octanol–water partition coefficient (Wildman–Crippen LogP) is 2.28. The van der Waals surface area contributed by atoms with Crippen LogP contribution in [0.2, 0.25) is 0 Å². The molecule has 0 aromatic carbocycles. The van der Waals surface area contributed by atoms with Crippen LogP contribution in [-0.2, 0) is 0 Å². The normalized spacial score (nSPS) is 12.6. The highest BCUT2D eigenvalue weighted by molar-refractivity contribution is 5.56. The molecule has 1 atom stereocenters. The minimum absolute atomic E-state index is 0.614. The molecular weight excluding hydrogens is 238 g/mol. The summed E-state index contributed by atoms with van der Waals surface area (Å²) in [5, 5.41) is 6.51. The van der Waals surface area contributed by atoms with Gasteiger partial charge in [0.25, 0.3) is 0 Å². The molecule has 0 aliphatic heterocycles. The lowest BCUT2D eigenvalue weighted by Gasteiger charge is -2.23. The van der Waals surface area contributed by atoms with Crippen molar-refractivity contribution < 1.29 is 0 Å². The van der Waals surface area contributed by atoms with E-state index in [4.69, 9.17) is 0 Å². The van der Waals surface area contributed by atoms with Crippen molar-refractivity contribution in [1.29, 1.82) is 0 Å². The van der Waals surface area contributed by atoms with Crippen LogP contribution in [0.4, 0.5) is 11.6 Å². The Morgan fingerprint density at radius 2 is 1.84 bits per heavy atom. The summed E-state index contributed by atoms with van der Waals surface area (Å²) in [6.45, 7) is 10.3. The van der Waals surface area contributed by atoms with Gasteiger partial charge in [0.05, 0.1) is 0 Å². The molecule has 0 saturated heterocycles. The topological polar surface area (TPSA) is 53.1 Å². The Bertz CT molecular complexity index is 405. The zero-order chi connectivity index (χ0) is 14.4. The first kappa shape index (κ1) is 15.7. The number of aromatic nitrogens is 2. The highest BCUT2D eigenvalue weighted by atomic mass is 15.2. The third kappa shape index (κ3) is 4.35. The fourth-order valence-corrected chi connectivity index (χ4v) is 1.93. The van der Waals surface area contributed by atoms with Gasteiger partial charge in [0.1, 0.15) is 17.5 Å². The average Bonchev–Trinajstić information content (AvgIpc) is 2.40. The van der Waals surface area contributed by atoms with E-state index in [-0.39, 0.29) is 0 Å². The first-order valence-corrected chi connectivity index (χ1v) is 6.96. The van der Waals surface area contributed by atoms with Crippen LogP contribution in [0.25, 0.3) is 0 Å². The van der Waals surface area contributed by atoms with Crippen LogP contribution in [0.1, 0.15) is 31.7 Å². The fourth-order valence-electron chi connectivity index (χ4n) is 1.93. The van der Waals surface area contributed by atoms with Crippen LogP contribution in [-0.4, -0.2) is 48.1 Å². The maximum Gasteiger partial charge on any atom is 0.134 e. The molecule has 5 heteroatoms. The highest BCUT2D eigenvalue weighted by Crippen LogP contribution is 2.18. The second-order valence-electron chi connectivity index (χ2n) is 5.01. The summed E-state index contributed by atoms with van der Waals surface area (Å²) in [7, 11) is 4.04. The zero-order valence-electron chi connectivity index (χ0n) is 13.0. The van der Waals surface area contributed by atoms with Crippen molar-refractivity contribution in [2.75, 3.05) is 37.8 Å². The van der Waals surface area contributed by atoms with Gasteiger partial charge in [-0.2, -0.15) is 0 Å². The van der Waals surface area contributed by atoms with E-state index in [0.29, 0.717) is 6.04 Å². The van der Waals surface area contributed by atoms with Crippen molar-refractivity contribution in [2.24, 2.45) is 0 Å². The van der Waals surface area contributed by atoms with Crippen LogP contribution in [0, 0.1) is 13.8 Å².